The molecule has 0 aliphatic carbocycles. The van der Waals surface area contributed by atoms with E-state index in [9.17, 15) is 0 Å². The maximum atomic E-state index is 8.99. The van der Waals surface area contributed by atoms with Gasteiger partial charge in [0.25, 0.3) is 0 Å². The lowest BCUT2D eigenvalue weighted by molar-refractivity contribution is 0.426. The standard InChI is InChI=1S/C12H17BO2/c1-10(2)5-3-6-11-7-4-8-12(9-11)13(14)15/h3-4,6-10,14-15H,5H2,1-2H3. The van der Waals surface area contributed by atoms with Crippen LogP contribution in [-0.4, -0.2) is 17.2 Å². The molecule has 0 amide bonds. The highest BCUT2D eigenvalue weighted by atomic mass is 16.4. The minimum Gasteiger partial charge on any atom is -0.423 e. The van der Waals surface area contributed by atoms with Crippen molar-refractivity contribution in [2.24, 2.45) is 5.92 Å². The van der Waals surface area contributed by atoms with Crippen LogP contribution >= 0.6 is 0 Å². The van der Waals surface area contributed by atoms with E-state index >= 15 is 0 Å². The van der Waals surface area contributed by atoms with Gasteiger partial charge in [0.15, 0.2) is 0 Å². The van der Waals surface area contributed by atoms with Crippen molar-refractivity contribution in [2.75, 3.05) is 0 Å². The second kappa shape index (κ2) is 5.74. The molecular weight excluding hydrogens is 187 g/mol. The molecule has 1 aromatic carbocycles. The van der Waals surface area contributed by atoms with Crippen molar-refractivity contribution in [2.45, 2.75) is 20.3 Å². The van der Waals surface area contributed by atoms with Crippen molar-refractivity contribution in [3.05, 3.63) is 35.9 Å². The van der Waals surface area contributed by atoms with Gasteiger partial charge in [-0.1, -0.05) is 50.3 Å². The predicted octanol–water partition coefficient (Wildman–Crippen LogP) is 1.43. The van der Waals surface area contributed by atoms with Gasteiger partial charge in [-0.3, -0.25) is 0 Å². The van der Waals surface area contributed by atoms with Gasteiger partial charge < -0.3 is 10.0 Å². The Balaban J connectivity index is 2.69. The number of hydrogen-bond acceptors (Lipinski definition) is 2. The molecule has 1 rings (SSSR count). The normalized spacial score (nSPS) is 11.3. The van der Waals surface area contributed by atoms with E-state index in [1.165, 1.54) is 0 Å². The quantitative estimate of drug-likeness (QED) is 0.728. The van der Waals surface area contributed by atoms with Gasteiger partial charge in [-0.15, -0.1) is 0 Å². The van der Waals surface area contributed by atoms with Crippen LogP contribution in [0.3, 0.4) is 0 Å². The summed E-state index contributed by atoms with van der Waals surface area (Å²) in [6, 6.07) is 7.25. The van der Waals surface area contributed by atoms with Crippen LogP contribution in [0.15, 0.2) is 30.3 Å². The van der Waals surface area contributed by atoms with Gasteiger partial charge in [-0.2, -0.15) is 0 Å². The minimum atomic E-state index is -1.39. The highest BCUT2D eigenvalue weighted by Gasteiger charge is 2.09. The van der Waals surface area contributed by atoms with E-state index in [1.807, 2.05) is 18.2 Å². The molecule has 0 atom stereocenters. The average Bonchev–Trinajstić information content (AvgIpc) is 2.17. The molecule has 0 bridgehead atoms. The third-order valence-electron chi connectivity index (χ3n) is 2.13. The molecule has 0 aromatic heterocycles. The van der Waals surface area contributed by atoms with Gasteiger partial charge >= 0.3 is 7.12 Å². The molecule has 0 unspecified atom stereocenters. The van der Waals surface area contributed by atoms with Crippen LogP contribution < -0.4 is 5.46 Å². The zero-order valence-corrected chi connectivity index (χ0v) is 9.22. The summed E-state index contributed by atoms with van der Waals surface area (Å²) in [5, 5.41) is 18.0. The Hall–Kier alpha value is -1.06. The SMILES string of the molecule is CC(C)CC=Cc1cccc(B(O)O)c1. The number of rotatable bonds is 4. The molecule has 80 valence electrons. The van der Waals surface area contributed by atoms with Crippen LogP contribution in [-0.2, 0) is 0 Å². The Morgan fingerprint density at radius 1 is 1.33 bits per heavy atom. The fourth-order valence-corrected chi connectivity index (χ4v) is 1.30. The Bertz CT molecular complexity index is 332. The molecule has 0 spiro atoms. The largest absolute Gasteiger partial charge is 0.488 e. The third kappa shape index (κ3) is 4.32. The minimum absolute atomic E-state index is 0.529. The zero-order valence-electron chi connectivity index (χ0n) is 9.22. The topological polar surface area (TPSA) is 40.5 Å². The molecule has 0 aliphatic heterocycles. The van der Waals surface area contributed by atoms with Crippen molar-refractivity contribution >= 4 is 18.7 Å². The summed E-state index contributed by atoms with van der Waals surface area (Å²) in [6.07, 6.45) is 5.14. The van der Waals surface area contributed by atoms with Crippen LogP contribution in [0.2, 0.25) is 0 Å². The summed E-state index contributed by atoms with van der Waals surface area (Å²) < 4.78 is 0. The lowest BCUT2D eigenvalue weighted by Crippen LogP contribution is -2.29. The smallest absolute Gasteiger partial charge is 0.423 e. The summed E-state index contributed by atoms with van der Waals surface area (Å²) in [5.74, 6) is 0.646. The number of allylic oxidation sites excluding steroid dienone is 1. The Morgan fingerprint density at radius 3 is 2.67 bits per heavy atom. The summed E-state index contributed by atoms with van der Waals surface area (Å²) in [7, 11) is -1.39. The highest BCUT2D eigenvalue weighted by Crippen LogP contribution is 2.05. The van der Waals surface area contributed by atoms with Crippen molar-refractivity contribution in [3.63, 3.8) is 0 Å². The van der Waals surface area contributed by atoms with Crippen molar-refractivity contribution in [3.8, 4) is 0 Å². The second-order valence-electron chi connectivity index (χ2n) is 4.08. The lowest BCUT2D eigenvalue weighted by Gasteiger charge is -2.01. The van der Waals surface area contributed by atoms with E-state index in [0.717, 1.165) is 12.0 Å². The van der Waals surface area contributed by atoms with E-state index in [0.29, 0.717) is 11.4 Å². The van der Waals surface area contributed by atoms with Gasteiger partial charge in [0, 0.05) is 0 Å². The number of benzene rings is 1. The van der Waals surface area contributed by atoms with Gasteiger partial charge in [0.05, 0.1) is 0 Å². The van der Waals surface area contributed by atoms with Crippen molar-refractivity contribution in [1.29, 1.82) is 0 Å². The van der Waals surface area contributed by atoms with Crippen LogP contribution in [0, 0.1) is 5.92 Å². The molecule has 3 heteroatoms. The molecule has 1 aromatic rings. The van der Waals surface area contributed by atoms with Gasteiger partial charge in [0.2, 0.25) is 0 Å². The highest BCUT2D eigenvalue weighted by molar-refractivity contribution is 6.58. The molecule has 0 radical (unpaired) electrons. The molecular formula is C12H17BO2. The molecule has 15 heavy (non-hydrogen) atoms. The maximum Gasteiger partial charge on any atom is 0.488 e. The van der Waals surface area contributed by atoms with Crippen LogP contribution in [0.5, 0.6) is 0 Å². The van der Waals surface area contributed by atoms with E-state index in [1.54, 1.807) is 12.1 Å². The molecule has 2 N–H and O–H groups in total. The van der Waals surface area contributed by atoms with Gasteiger partial charge in [-0.25, -0.2) is 0 Å². The van der Waals surface area contributed by atoms with Gasteiger partial charge in [-0.05, 0) is 23.4 Å². The second-order valence-corrected chi connectivity index (χ2v) is 4.08. The third-order valence-corrected chi connectivity index (χ3v) is 2.13. The Morgan fingerprint density at radius 2 is 2.07 bits per heavy atom. The fraction of sp³-hybridized carbons (Fsp3) is 0.333. The van der Waals surface area contributed by atoms with Gasteiger partial charge in [0.1, 0.15) is 0 Å². The monoisotopic (exact) mass is 204 g/mol. The van der Waals surface area contributed by atoms with Crippen LogP contribution in [0.25, 0.3) is 6.08 Å². The van der Waals surface area contributed by atoms with Crippen molar-refractivity contribution in [1.82, 2.24) is 0 Å². The van der Waals surface area contributed by atoms with E-state index in [4.69, 9.17) is 10.0 Å². The summed E-state index contributed by atoms with van der Waals surface area (Å²) in [4.78, 5) is 0. The molecule has 2 nitrogen and oxygen atoms in total. The maximum absolute atomic E-state index is 8.99. The Kier molecular flexibility index (Phi) is 4.59. The number of hydrogen-bond donors (Lipinski definition) is 2. The molecule has 0 saturated carbocycles. The predicted molar refractivity (Wildman–Crippen MR) is 64.8 cm³/mol. The van der Waals surface area contributed by atoms with E-state index in [2.05, 4.69) is 19.9 Å². The van der Waals surface area contributed by atoms with E-state index < -0.39 is 7.12 Å². The van der Waals surface area contributed by atoms with Crippen LogP contribution in [0.1, 0.15) is 25.8 Å². The lowest BCUT2D eigenvalue weighted by atomic mass is 9.79. The molecule has 0 aliphatic rings. The fourth-order valence-electron chi connectivity index (χ4n) is 1.30. The Labute approximate surface area is 91.4 Å². The first-order valence-electron chi connectivity index (χ1n) is 5.22. The molecule has 0 fully saturated rings. The summed E-state index contributed by atoms with van der Waals surface area (Å²) >= 11 is 0. The summed E-state index contributed by atoms with van der Waals surface area (Å²) in [6.45, 7) is 4.33. The van der Waals surface area contributed by atoms with Crippen LogP contribution in [0.4, 0.5) is 0 Å². The molecule has 0 saturated heterocycles. The first-order chi connectivity index (χ1) is 7.09. The van der Waals surface area contributed by atoms with Crippen molar-refractivity contribution < 1.29 is 10.0 Å². The van der Waals surface area contributed by atoms with E-state index in [-0.39, 0.29) is 0 Å². The summed E-state index contributed by atoms with van der Waals surface area (Å²) in [5.41, 5.74) is 1.53. The zero-order chi connectivity index (χ0) is 11.3. The average molecular weight is 204 g/mol. The first kappa shape index (κ1) is 12.0. The first-order valence-corrected chi connectivity index (χ1v) is 5.22. The molecule has 0 heterocycles.